The van der Waals surface area contributed by atoms with Gasteiger partial charge >= 0.3 is 0 Å². The molecule has 0 aromatic heterocycles. The maximum atomic E-state index is 13.3. The SMILES string of the molecule is Fc1ccc(Br)c(CN2CCC3(CCNCC3)C2)c1. The molecule has 1 aromatic rings. The number of piperidine rings is 1. The van der Waals surface area contributed by atoms with Crippen LogP contribution < -0.4 is 5.32 Å². The molecule has 0 saturated carbocycles. The molecule has 0 radical (unpaired) electrons. The van der Waals surface area contributed by atoms with Gasteiger partial charge in [0.25, 0.3) is 0 Å². The van der Waals surface area contributed by atoms with Crippen molar-refractivity contribution in [2.75, 3.05) is 26.2 Å². The van der Waals surface area contributed by atoms with Crippen LogP contribution in [-0.2, 0) is 6.54 Å². The van der Waals surface area contributed by atoms with Crippen LogP contribution in [0.2, 0.25) is 0 Å². The summed E-state index contributed by atoms with van der Waals surface area (Å²) in [5.41, 5.74) is 1.58. The standard InChI is InChI=1S/C15H20BrFN2/c16-14-2-1-13(17)9-12(14)10-19-8-5-15(11-19)3-6-18-7-4-15/h1-2,9,18H,3-8,10-11H2. The molecule has 0 unspecified atom stereocenters. The highest BCUT2D eigenvalue weighted by atomic mass is 79.9. The van der Waals surface area contributed by atoms with Crippen LogP contribution in [0.4, 0.5) is 4.39 Å². The van der Waals surface area contributed by atoms with E-state index in [0.717, 1.165) is 42.8 Å². The Morgan fingerprint density at radius 3 is 2.84 bits per heavy atom. The Morgan fingerprint density at radius 2 is 2.05 bits per heavy atom. The molecule has 0 aliphatic carbocycles. The summed E-state index contributed by atoms with van der Waals surface area (Å²) in [6.45, 7) is 5.46. The number of hydrogen-bond donors (Lipinski definition) is 1. The third-order valence-electron chi connectivity index (χ3n) is 4.58. The molecular weight excluding hydrogens is 307 g/mol. The summed E-state index contributed by atoms with van der Waals surface area (Å²) in [7, 11) is 0. The number of benzene rings is 1. The lowest BCUT2D eigenvalue weighted by molar-refractivity contribution is 0.194. The fourth-order valence-corrected chi connectivity index (χ4v) is 3.81. The Bertz CT molecular complexity index is 457. The second-order valence-corrected chi connectivity index (χ2v) is 6.80. The normalized spacial score (nSPS) is 23.1. The highest BCUT2D eigenvalue weighted by Crippen LogP contribution is 2.39. The van der Waals surface area contributed by atoms with Gasteiger partial charge in [-0.05, 0) is 68.1 Å². The van der Waals surface area contributed by atoms with Crippen LogP contribution in [-0.4, -0.2) is 31.1 Å². The summed E-state index contributed by atoms with van der Waals surface area (Å²) in [6, 6.07) is 4.96. The van der Waals surface area contributed by atoms with Gasteiger partial charge in [-0.25, -0.2) is 4.39 Å². The van der Waals surface area contributed by atoms with E-state index in [1.807, 2.05) is 0 Å². The number of nitrogens with one attached hydrogen (secondary N) is 1. The van der Waals surface area contributed by atoms with Gasteiger partial charge in [0.15, 0.2) is 0 Å². The van der Waals surface area contributed by atoms with Crippen molar-refractivity contribution < 1.29 is 4.39 Å². The number of nitrogens with zero attached hydrogens (tertiary/aromatic N) is 1. The van der Waals surface area contributed by atoms with Crippen LogP contribution in [0, 0.1) is 11.2 Å². The molecule has 2 aliphatic rings. The topological polar surface area (TPSA) is 15.3 Å². The second-order valence-electron chi connectivity index (χ2n) is 5.95. The van der Waals surface area contributed by atoms with Crippen molar-refractivity contribution in [1.29, 1.82) is 0 Å². The van der Waals surface area contributed by atoms with E-state index in [1.165, 1.54) is 25.3 Å². The van der Waals surface area contributed by atoms with E-state index in [-0.39, 0.29) is 5.82 Å². The Labute approximate surface area is 122 Å². The first-order valence-corrected chi connectivity index (χ1v) is 7.83. The minimum absolute atomic E-state index is 0.144. The van der Waals surface area contributed by atoms with Crippen molar-refractivity contribution >= 4 is 15.9 Å². The molecule has 0 bridgehead atoms. The van der Waals surface area contributed by atoms with Crippen LogP contribution in [0.1, 0.15) is 24.8 Å². The Hall–Kier alpha value is -0.450. The van der Waals surface area contributed by atoms with Crippen LogP contribution in [0.25, 0.3) is 0 Å². The van der Waals surface area contributed by atoms with E-state index in [4.69, 9.17) is 0 Å². The van der Waals surface area contributed by atoms with Gasteiger partial charge in [-0.2, -0.15) is 0 Å². The summed E-state index contributed by atoms with van der Waals surface area (Å²) in [4.78, 5) is 2.48. The van der Waals surface area contributed by atoms with Crippen molar-refractivity contribution in [3.8, 4) is 0 Å². The maximum absolute atomic E-state index is 13.3. The predicted molar refractivity (Wildman–Crippen MR) is 78.5 cm³/mol. The zero-order chi connectivity index (χ0) is 13.3. The number of halogens is 2. The fraction of sp³-hybridized carbons (Fsp3) is 0.600. The summed E-state index contributed by atoms with van der Waals surface area (Å²) >= 11 is 3.52. The molecule has 2 heterocycles. The zero-order valence-corrected chi connectivity index (χ0v) is 12.7. The molecule has 2 aliphatic heterocycles. The lowest BCUT2D eigenvalue weighted by Gasteiger charge is -2.34. The van der Waals surface area contributed by atoms with Crippen molar-refractivity contribution in [3.63, 3.8) is 0 Å². The lowest BCUT2D eigenvalue weighted by Crippen LogP contribution is -2.38. The van der Waals surface area contributed by atoms with E-state index in [0.29, 0.717) is 5.41 Å². The summed E-state index contributed by atoms with van der Waals surface area (Å²) in [5.74, 6) is -0.144. The van der Waals surface area contributed by atoms with Crippen LogP contribution in [0.5, 0.6) is 0 Å². The molecule has 4 heteroatoms. The Balaban J connectivity index is 1.66. The highest BCUT2D eigenvalue weighted by molar-refractivity contribution is 9.10. The average Bonchev–Trinajstić information content (AvgIpc) is 2.78. The quantitative estimate of drug-likeness (QED) is 0.898. The van der Waals surface area contributed by atoms with Gasteiger partial charge in [-0.3, -0.25) is 4.90 Å². The molecule has 104 valence electrons. The minimum Gasteiger partial charge on any atom is -0.317 e. The van der Waals surface area contributed by atoms with Crippen LogP contribution in [0.15, 0.2) is 22.7 Å². The van der Waals surface area contributed by atoms with Gasteiger partial charge in [-0.15, -0.1) is 0 Å². The molecule has 1 N–H and O–H groups in total. The van der Waals surface area contributed by atoms with Crippen molar-refractivity contribution in [2.45, 2.75) is 25.8 Å². The zero-order valence-electron chi connectivity index (χ0n) is 11.1. The number of rotatable bonds is 2. The number of likely N-dealkylation sites (tertiary alicyclic amines) is 1. The predicted octanol–water partition coefficient (Wildman–Crippen LogP) is 3.16. The van der Waals surface area contributed by atoms with Crippen molar-refractivity contribution in [2.24, 2.45) is 5.41 Å². The third-order valence-corrected chi connectivity index (χ3v) is 5.36. The van der Waals surface area contributed by atoms with E-state index in [1.54, 1.807) is 12.1 Å². The molecule has 19 heavy (non-hydrogen) atoms. The van der Waals surface area contributed by atoms with Gasteiger partial charge in [0.2, 0.25) is 0 Å². The molecule has 2 saturated heterocycles. The lowest BCUT2D eigenvalue weighted by atomic mass is 9.78. The minimum atomic E-state index is -0.144. The van der Waals surface area contributed by atoms with Crippen LogP contribution >= 0.6 is 15.9 Å². The molecule has 0 atom stereocenters. The summed E-state index contributed by atoms with van der Waals surface area (Å²) < 4.78 is 14.3. The molecule has 3 rings (SSSR count). The molecule has 1 aromatic carbocycles. The van der Waals surface area contributed by atoms with Gasteiger partial charge in [0.1, 0.15) is 5.82 Å². The number of hydrogen-bond acceptors (Lipinski definition) is 2. The van der Waals surface area contributed by atoms with E-state index >= 15 is 0 Å². The molecule has 2 fully saturated rings. The molecule has 0 amide bonds. The van der Waals surface area contributed by atoms with Crippen molar-refractivity contribution in [3.05, 3.63) is 34.1 Å². The second kappa shape index (κ2) is 5.51. The van der Waals surface area contributed by atoms with Gasteiger partial charge in [0.05, 0.1) is 0 Å². The van der Waals surface area contributed by atoms with E-state index in [9.17, 15) is 4.39 Å². The molecule has 2 nitrogen and oxygen atoms in total. The van der Waals surface area contributed by atoms with Gasteiger partial charge in [0, 0.05) is 17.6 Å². The first kappa shape index (κ1) is 13.5. The maximum Gasteiger partial charge on any atom is 0.123 e. The van der Waals surface area contributed by atoms with Gasteiger partial charge in [-0.1, -0.05) is 15.9 Å². The van der Waals surface area contributed by atoms with Gasteiger partial charge < -0.3 is 5.32 Å². The Kier molecular flexibility index (Phi) is 3.92. The monoisotopic (exact) mass is 326 g/mol. The average molecular weight is 327 g/mol. The van der Waals surface area contributed by atoms with Crippen molar-refractivity contribution in [1.82, 2.24) is 10.2 Å². The third kappa shape index (κ3) is 3.01. The summed E-state index contributed by atoms with van der Waals surface area (Å²) in [5, 5.41) is 3.44. The fourth-order valence-electron chi connectivity index (χ4n) is 3.43. The highest BCUT2D eigenvalue weighted by Gasteiger charge is 2.38. The van der Waals surface area contributed by atoms with Crippen LogP contribution in [0.3, 0.4) is 0 Å². The first-order chi connectivity index (χ1) is 9.17. The smallest absolute Gasteiger partial charge is 0.123 e. The molecular formula is C15H20BrFN2. The van der Waals surface area contributed by atoms with E-state index < -0.39 is 0 Å². The largest absolute Gasteiger partial charge is 0.317 e. The Morgan fingerprint density at radius 1 is 1.26 bits per heavy atom. The van der Waals surface area contributed by atoms with E-state index in [2.05, 4.69) is 26.1 Å². The summed E-state index contributed by atoms with van der Waals surface area (Å²) in [6.07, 6.45) is 3.86. The first-order valence-electron chi connectivity index (χ1n) is 7.04. The molecule has 1 spiro atoms.